The zero-order valence-corrected chi connectivity index (χ0v) is 7.94. The molecule has 0 saturated carbocycles. The SMILES string of the molecule is CCC(C)n1cnc2cnccc21. The highest BCUT2D eigenvalue weighted by Crippen LogP contribution is 2.17. The molecule has 3 nitrogen and oxygen atoms in total. The molecule has 1 unspecified atom stereocenters. The lowest BCUT2D eigenvalue weighted by Crippen LogP contribution is -2.01. The molecule has 2 heterocycles. The second-order valence-corrected chi connectivity index (χ2v) is 3.27. The molecule has 0 bridgehead atoms. The van der Waals surface area contributed by atoms with Crippen molar-refractivity contribution in [1.82, 2.24) is 14.5 Å². The van der Waals surface area contributed by atoms with Gasteiger partial charge in [-0.25, -0.2) is 4.98 Å². The van der Waals surface area contributed by atoms with Gasteiger partial charge in [-0.05, 0) is 19.4 Å². The lowest BCUT2D eigenvalue weighted by molar-refractivity contribution is 0.544. The van der Waals surface area contributed by atoms with Gasteiger partial charge in [-0.1, -0.05) is 6.92 Å². The lowest BCUT2D eigenvalue weighted by Gasteiger charge is -2.10. The minimum atomic E-state index is 0.507. The van der Waals surface area contributed by atoms with Gasteiger partial charge in [0.25, 0.3) is 0 Å². The van der Waals surface area contributed by atoms with Gasteiger partial charge in [-0.15, -0.1) is 0 Å². The van der Waals surface area contributed by atoms with Crippen LogP contribution in [-0.2, 0) is 0 Å². The van der Waals surface area contributed by atoms with E-state index in [9.17, 15) is 0 Å². The van der Waals surface area contributed by atoms with Gasteiger partial charge in [0, 0.05) is 12.2 Å². The number of hydrogen-bond donors (Lipinski definition) is 0. The van der Waals surface area contributed by atoms with Crippen molar-refractivity contribution in [2.75, 3.05) is 0 Å². The molecule has 0 fully saturated rings. The summed E-state index contributed by atoms with van der Waals surface area (Å²) in [6.45, 7) is 4.37. The van der Waals surface area contributed by atoms with Crippen molar-refractivity contribution in [3.05, 3.63) is 24.8 Å². The van der Waals surface area contributed by atoms with E-state index in [1.807, 2.05) is 18.6 Å². The largest absolute Gasteiger partial charge is 0.328 e. The van der Waals surface area contributed by atoms with Crippen molar-refractivity contribution < 1.29 is 0 Å². The lowest BCUT2D eigenvalue weighted by atomic mass is 10.2. The average Bonchev–Trinajstić information content (AvgIpc) is 2.60. The summed E-state index contributed by atoms with van der Waals surface area (Å²) in [6.07, 6.45) is 6.62. The molecule has 2 aromatic rings. The highest BCUT2D eigenvalue weighted by atomic mass is 15.1. The van der Waals surface area contributed by atoms with Crippen LogP contribution in [0.25, 0.3) is 11.0 Å². The Morgan fingerprint density at radius 3 is 3.15 bits per heavy atom. The van der Waals surface area contributed by atoms with E-state index in [-0.39, 0.29) is 0 Å². The van der Waals surface area contributed by atoms with Crippen LogP contribution >= 0.6 is 0 Å². The number of imidazole rings is 1. The number of aromatic nitrogens is 3. The second kappa shape index (κ2) is 3.17. The molecule has 0 aliphatic carbocycles. The minimum Gasteiger partial charge on any atom is -0.328 e. The summed E-state index contributed by atoms with van der Waals surface area (Å²) >= 11 is 0. The molecule has 2 aromatic heterocycles. The molecule has 2 rings (SSSR count). The Morgan fingerprint density at radius 2 is 2.38 bits per heavy atom. The van der Waals surface area contributed by atoms with Gasteiger partial charge in [0.15, 0.2) is 0 Å². The topological polar surface area (TPSA) is 30.7 Å². The predicted octanol–water partition coefficient (Wildman–Crippen LogP) is 2.40. The normalized spacial score (nSPS) is 13.4. The summed E-state index contributed by atoms with van der Waals surface area (Å²) in [5.74, 6) is 0. The molecule has 0 aliphatic heterocycles. The fourth-order valence-corrected chi connectivity index (χ4v) is 1.43. The van der Waals surface area contributed by atoms with Gasteiger partial charge in [-0.3, -0.25) is 4.98 Å². The Balaban J connectivity index is 2.57. The Bertz CT molecular complexity index is 405. The fourth-order valence-electron chi connectivity index (χ4n) is 1.43. The molecule has 68 valence electrons. The molecule has 0 saturated heterocycles. The molecule has 1 atom stereocenters. The Hall–Kier alpha value is -1.38. The van der Waals surface area contributed by atoms with Crippen molar-refractivity contribution in [1.29, 1.82) is 0 Å². The molecule has 0 spiro atoms. The highest BCUT2D eigenvalue weighted by molar-refractivity contribution is 5.73. The van der Waals surface area contributed by atoms with E-state index in [1.165, 1.54) is 5.52 Å². The Morgan fingerprint density at radius 1 is 1.54 bits per heavy atom. The van der Waals surface area contributed by atoms with E-state index in [0.717, 1.165) is 11.9 Å². The van der Waals surface area contributed by atoms with Crippen LogP contribution < -0.4 is 0 Å². The van der Waals surface area contributed by atoms with Crippen LogP contribution in [0.5, 0.6) is 0 Å². The first kappa shape index (κ1) is 8.23. The van der Waals surface area contributed by atoms with Crippen molar-refractivity contribution in [3.63, 3.8) is 0 Å². The van der Waals surface area contributed by atoms with Gasteiger partial charge >= 0.3 is 0 Å². The third-order valence-corrected chi connectivity index (χ3v) is 2.44. The quantitative estimate of drug-likeness (QED) is 0.701. The summed E-state index contributed by atoms with van der Waals surface area (Å²) < 4.78 is 2.19. The van der Waals surface area contributed by atoms with Crippen molar-refractivity contribution in [2.45, 2.75) is 26.3 Å². The third-order valence-electron chi connectivity index (χ3n) is 2.44. The number of pyridine rings is 1. The maximum Gasteiger partial charge on any atom is 0.107 e. The monoisotopic (exact) mass is 175 g/mol. The third kappa shape index (κ3) is 1.30. The van der Waals surface area contributed by atoms with E-state index in [2.05, 4.69) is 28.4 Å². The minimum absolute atomic E-state index is 0.507. The molecule has 0 aromatic carbocycles. The maximum absolute atomic E-state index is 4.29. The first-order chi connectivity index (χ1) is 6.33. The Labute approximate surface area is 77.4 Å². The van der Waals surface area contributed by atoms with E-state index in [1.54, 1.807) is 6.20 Å². The van der Waals surface area contributed by atoms with Crippen molar-refractivity contribution >= 4 is 11.0 Å². The second-order valence-electron chi connectivity index (χ2n) is 3.27. The average molecular weight is 175 g/mol. The number of fused-ring (bicyclic) bond motifs is 1. The number of hydrogen-bond acceptors (Lipinski definition) is 2. The predicted molar refractivity (Wildman–Crippen MR) is 52.5 cm³/mol. The molecule has 0 radical (unpaired) electrons. The van der Waals surface area contributed by atoms with E-state index < -0.39 is 0 Å². The van der Waals surface area contributed by atoms with Crippen LogP contribution in [0.3, 0.4) is 0 Å². The first-order valence-electron chi connectivity index (χ1n) is 4.59. The smallest absolute Gasteiger partial charge is 0.107 e. The summed E-state index contributed by atoms with van der Waals surface area (Å²) in [4.78, 5) is 8.32. The zero-order valence-electron chi connectivity index (χ0n) is 7.94. The zero-order chi connectivity index (χ0) is 9.26. The van der Waals surface area contributed by atoms with Crippen LogP contribution in [0.1, 0.15) is 26.3 Å². The van der Waals surface area contributed by atoms with E-state index >= 15 is 0 Å². The van der Waals surface area contributed by atoms with Gasteiger partial charge in [0.05, 0.1) is 18.0 Å². The van der Waals surface area contributed by atoms with E-state index in [0.29, 0.717) is 6.04 Å². The van der Waals surface area contributed by atoms with Crippen molar-refractivity contribution in [2.24, 2.45) is 0 Å². The standard InChI is InChI=1S/C10H13N3/c1-3-8(2)13-7-12-9-6-11-5-4-10(9)13/h4-8H,3H2,1-2H3. The molecule has 13 heavy (non-hydrogen) atoms. The summed E-state index contributed by atoms with van der Waals surface area (Å²) in [5, 5.41) is 0. The summed E-state index contributed by atoms with van der Waals surface area (Å²) in [7, 11) is 0. The Kier molecular flexibility index (Phi) is 2.00. The molecular formula is C10H13N3. The van der Waals surface area contributed by atoms with Gasteiger partial charge < -0.3 is 4.57 Å². The van der Waals surface area contributed by atoms with Crippen LogP contribution in [0, 0.1) is 0 Å². The maximum atomic E-state index is 4.29. The van der Waals surface area contributed by atoms with Gasteiger partial charge in [-0.2, -0.15) is 0 Å². The van der Waals surface area contributed by atoms with Crippen LogP contribution in [0.2, 0.25) is 0 Å². The first-order valence-corrected chi connectivity index (χ1v) is 4.59. The van der Waals surface area contributed by atoms with Crippen LogP contribution in [-0.4, -0.2) is 14.5 Å². The van der Waals surface area contributed by atoms with Crippen LogP contribution in [0.15, 0.2) is 24.8 Å². The molecule has 3 heteroatoms. The molecule has 0 aliphatic rings. The summed E-state index contributed by atoms with van der Waals surface area (Å²) in [6, 6.07) is 2.52. The fraction of sp³-hybridized carbons (Fsp3) is 0.400. The molecular weight excluding hydrogens is 162 g/mol. The van der Waals surface area contributed by atoms with E-state index in [4.69, 9.17) is 0 Å². The number of rotatable bonds is 2. The van der Waals surface area contributed by atoms with Gasteiger partial charge in [0.2, 0.25) is 0 Å². The molecule has 0 N–H and O–H groups in total. The molecule has 0 amide bonds. The van der Waals surface area contributed by atoms with Gasteiger partial charge in [0.1, 0.15) is 5.52 Å². The van der Waals surface area contributed by atoms with Crippen LogP contribution in [0.4, 0.5) is 0 Å². The highest BCUT2D eigenvalue weighted by Gasteiger charge is 2.06. The summed E-state index contributed by atoms with van der Waals surface area (Å²) in [5.41, 5.74) is 2.15. The number of nitrogens with zero attached hydrogens (tertiary/aromatic N) is 3. The van der Waals surface area contributed by atoms with Crippen molar-refractivity contribution in [3.8, 4) is 0 Å².